The molecule has 0 aliphatic rings. The summed E-state index contributed by atoms with van der Waals surface area (Å²) < 4.78 is 34.5. The fourth-order valence-electron chi connectivity index (χ4n) is 4.32. The van der Waals surface area contributed by atoms with Crippen molar-refractivity contribution in [3.05, 3.63) is 92.5 Å². The summed E-state index contributed by atoms with van der Waals surface area (Å²) in [4.78, 5) is 38.7. The van der Waals surface area contributed by atoms with Gasteiger partial charge >= 0.3 is 0 Å². The molecule has 3 aromatic carbocycles. The van der Waals surface area contributed by atoms with E-state index in [1.807, 2.05) is 25.1 Å². The summed E-state index contributed by atoms with van der Waals surface area (Å²) in [5, 5.41) is 14.5. The molecule has 1 atom stereocenters. The average molecular weight is 617 g/mol. The van der Waals surface area contributed by atoms with E-state index < -0.39 is 49.9 Å². The predicted octanol–water partition coefficient (Wildman–Crippen LogP) is 4.62. The van der Waals surface area contributed by atoms with Gasteiger partial charge in [-0.25, -0.2) is 8.42 Å². The van der Waals surface area contributed by atoms with E-state index in [-0.39, 0.29) is 28.6 Å². The molecular weight excluding hydrogens is 584 g/mol. The Morgan fingerprint density at radius 3 is 2.38 bits per heavy atom. The summed E-state index contributed by atoms with van der Waals surface area (Å²) in [6.07, 6.45) is 0. The fraction of sp³-hybridized carbons (Fsp3) is 0.310. The summed E-state index contributed by atoms with van der Waals surface area (Å²) in [6, 6.07) is 14.2. The summed E-state index contributed by atoms with van der Waals surface area (Å²) in [6.45, 7) is 6.27. The second kappa shape index (κ2) is 13.7. The second-order valence-electron chi connectivity index (χ2n) is 9.55. The van der Waals surface area contributed by atoms with Crippen LogP contribution in [0.3, 0.4) is 0 Å². The van der Waals surface area contributed by atoms with Gasteiger partial charge in [-0.2, -0.15) is 0 Å². The molecule has 11 nitrogen and oxygen atoms in total. The molecule has 0 spiro atoms. The lowest BCUT2D eigenvalue weighted by molar-refractivity contribution is -0.385. The van der Waals surface area contributed by atoms with Crippen LogP contribution in [0, 0.1) is 24.0 Å². The molecule has 0 heterocycles. The van der Waals surface area contributed by atoms with Crippen LogP contribution >= 0.6 is 11.6 Å². The molecule has 0 aliphatic heterocycles. The van der Waals surface area contributed by atoms with Gasteiger partial charge in [-0.3, -0.25) is 24.0 Å². The van der Waals surface area contributed by atoms with Crippen molar-refractivity contribution in [2.24, 2.45) is 0 Å². The van der Waals surface area contributed by atoms with E-state index in [0.29, 0.717) is 6.54 Å². The van der Waals surface area contributed by atoms with Crippen molar-refractivity contribution in [1.82, 2.24) is 10.2 Å². The largest absolute Gasteiger partial charge is 0.495 e. The number of amides is 2. The number of hydrogen-bond acceptors (Lipinski definition) is 7. The Morgan fingerprint density at radius 2 is 1.76 bits per heavy atom. The minimum Gasteiger partial charge on any atom is -0.495 e. The molecule has 0 aromatic heterocycles. The SMILES string of the molecule is CCNC(=O)[C@H](C)N(Cc1ccccc1C)C(=O)CN(c1cc(Cl)ccc1OC)S(=O)(=O)c1ccc(C)c([N+](=O)[O-])c1. The number of anilines is 1. The van der Waals surface area contributed by atoms with Gasteiger partial charge in [0.1, 0.15) is 18.3 Å². The van der Waals surface area contributed by atoms with Crippen molar-refractivity contribution in [2.45, 2.75) is 45.2 Å². The maximum atomic E-state index is 14.1. The number of nitro groups is 1. The zero-order valence-corrected chi connectivity index (χ0v) is 25.5. The molecule has 3 aromatic rings. The fourth-order valence-corrected chi connectivity index (χ4v) is 5.92. The Labute approximate surface area is 250 Å². The van der Waals surface area contributed by atoms with Crippen LogP contribution < -0.4 is 14.4 Å². The zero-order valence-electron chi connectivity index (χ0n) is 24.0. The Morgan fingerprint density at radius 1 is 1.07 bits per heavy atom. The lowest BCUT2D eigenvalue weighted by Gasteiger charge is -2.32. The summed E-state index contributed by atoms with van der Waals surface area (Å²) in [5.41, 5.74) is 1.47. The first-order chi connectivity index (χ1) is 19.8. The van der Waals surface area contributed by atoms with E-state index in [2.05, 4.69) is 5.32 Å². The van der Waals surface area contributed by atoms with E-state index in [0.717, 1.165) is 21.5 Å². The summed E-state index contributed by atoms with van der Waals surface area (Å²) >= 11 is 6.24. The van der Waals surface area contributed by atoms with Gasteiger partial charge in [-0.1, -0.05) is 41.9 Å². The molecule has 0 saturated heterocycles. The number of sulfonamides is 1. The Hall–Kier alpha value is -4.16. The molecule has 42 heavy (non-hydrogen) atoms. The predicted molar refractivity (Wildman–Crippen MR) is 160 cm³/mol. The number of methoxy groups -OCH3 is 1. The third-order valence-corrected chi connectivity index (χ3v) is 8.76. The molecule has 3 rings (SSSR count). The minimum absolute atomic E-state index is 0.0282. The molecule has 0 bridgehead atoms. The number of carbonyl (C=O) groups excluding carboxylic acids is 2. The summed E-state index contributed by atoms with van der Waals surface area (Å²) in [7, 11) is -3.27. The highest BCUT2D eigenvalue weighted by Crippen LogP contribution is 2.36. The summed E-state index contributed by atoms with van der Waals surface area (Å²) in [5.74, 6) is -1.01. The smallest absolute Gasteiger partial charge is 0.273 e. The molecule has 0 saturated carbocycles. The third-order valence-electron chi connectivity index (χ3n) is 6.77. The van der Waals surface area contributed by atoms with Gasteiger partial charge in [0.25, 0.3) is 15.7 Å². The van der Waals surface area contributed by atoms with Gasteiger partial charge in [-0.05, 0) is 63.1 Å². The van der Waals surface area contributed by atoms with Gasteiger partial charge in [-0.15, -0.1) is 0 Å². The molecule has 13 heteroatoms. The lowest BCUT2D eigenvalue weighted by atomic mass is 10.1. The van der Waals surface area contributed by atoms with E-state index in [4.69, 9.17) is 16.3 Å². The quantitative estimate of drug-likeness (QED) is 0.231. The Bertz CT molecular complexity index is 1600. The highest BCUT2D eigenvalue weighted by atomic mass is 35.5. The molecule has 2 amide bonds. The number of hydrogen-bond donors (Lipinski definition) is 1. The molecule has 0 radical (unpaired) electrons. The standard InChI is InChI=1S/C29H33ClN4O7S/c1-6-31-29(36)21(4)32(17-22-10-8-7-9-19(22)2)28(35)18-33(26-15-23(30)12-14-27(26)41-5)42(39,40)24-13-11-20(3)25(16-24)34(37)38/h7-16,21H,6,17-18H2,1-5H3,(H,31,36)/t21-/m0/s1. The van der Waals surface area contributed by atoms with Crippen molar-refractivity contribution in [3.8, 4) is 5.75 Å². The first kappa shape index (κ1) is 32.4. The van der Waals surface area contributed by atoms with E-state index in [1.165, 1.54) is 49.3 Å². The van der Waals surface area contributed by atoms with E-state index >= 15 is 0 Å². The van der Waals surface area contributed by atoms with Gasteiger partial charge < -0.3 is 15.0 Å². The van der Waals surface area contributed by atoms with E-state index in [9.17, 15) is 28.1 Å². The number of aryl methyl sites for hydroxylation is 2. The number of nitrogens with one attached hydrogen (secondary N) is 1. The van der Waals surface area contributed by atoms with Crippen molar-refractivity contribution >= 4 is 44.8 Å². The molecule has 0 unspecified atom stereocenters. The van der Waals surface area contributed by atoms with E-state index in [1.54, 1.807) is 19.9 Å². The number of halogens is 1. The van der Waals surface area contributed by atoms with Crippen LogP contribution in [-0.2, 0) is 26.2 Å². The van der Waals surface area contributed by atoms with Crippen LogP contribution in [0.15, 0.2) is 65.6 Å². The number of ether oxygens (including phenoxy) is 1. The van der Waals surface area contributed by atoms with Crippen LogP contribution in [0.25, 0.3) is 0 Å². The minimum atomic E-state index is -4.60. The van der Waals surface area contributed by atoms with Gasteiger partial charge in [0.05, 0.1) is 22.6 Å². The first-order valence-corrected chi connectivity index (χ1v) is 14.9. The number of nitro benzene ring substituents is 1. The first-order valence-electron chi connectivity index (χ1n) is 13.0. The molecule has 0 fully saturated rings. The highest BCUT2D eigenvalue weighted by Gasteiger charge is 2.35. The normalized spacial score (nSPS) is 11.9. The lowest BCUT2D eigenvalue weighted by Crippen LogP contribution is -2.51. The van der Waals surface area contributed by atoms with Crippen molar-refractivity contribution < 1.29 is 27.7 Å². The third kappa shape index (κ3) is 7.18. The average Bonchev–Trinajstić information content (AvgIpc) is 2.95. The maximum absolute atomic E-state index is 14.1. The van der Waals surface area contributed by atoms with Gasteiger partial charge in [0.15, 0.2) is 0 Å². The zero-order chi connectivity index (χ0) is 31.2. The topological polar surface area (TPSA) is 139 Å². The van der Waals surface area contributed by atoms with Crippen molar-refractivity contribution in [1.29, 1.82) is 0 Å². The van der Waals surface area contributed by atoms with Crippen LogP contribution in [0.5, 0.6) is 5.75 Å². The van der Waals surface area contributed by atoms with Gasteiger partial charge in [0, 0.05) is 29.7 Å². The number of carbonyl (C=O) groups is 2. The highest BCUT2D eigenvalue weighted by molar-refractivity contribution is 7.92. The van der Waals surface area contributed by atoms with Gasteiger partial charge in [0.2, 0.25) is 11.8 Å². The number of rotatable bonds is 12. The second-order valence-corrected chi connectivity index (χ2v) is 11.9. The molecule has 1 N–H and O–H groups in total. The Balaban J connectivity index is 2.17. The van der Waals surface area contributed by atoms with Crippen LogP contribution in [0.4, 0.5) is 11.4 Å². The van der Waals surface area contributed by atoms with Crippen molar-refractivity contribution in [3.63, 3.8) is 0 Å². The van der Waals surface area contributed by atoms with Crippen LogP contribution in [-0.4, -0.2) is 56.3 Å². The number of benzene rings is 3. The number of likely N-dealkylation sites (N-methyl/N-ethyl adjacent to an activating group) is 1. The molecule has 224 valence electrons. The van der Waals surface area contributed by atoms with Crippen molar-refractivity contribution in [2.75, 3.05) is 24.5 Å². The molecule has 0 aliphatic carbocycles. The Kier molecular flexibility index (Phi) is 10.5. The monoisotopic (exact) mass is 616 g/mol. The number of nitrogens with zero attached hydrogens (tertiary/aromatic N) is 3. The molecular formula is C29H33ClN4O7S. The van der Waals surface area contributed by atoms with Crippen LogP contribution in [0.2, 0.25) is 5.02 Å². The maximum Gasteiger partial charge on any atom is 0.273 e. The van der Waals surface area contributed by atoms with Crippen LogP contribution in [0.1, 0.15) is 30.5 Å².